The lowest BCUT2D eigenvalue weighted by atomic mass is 10.1. The second kappa shape index (κ2) is 6.65. The Bertz CT molecular complexity index is 495. The molecule has 20 heavy (non-hydrogen) atoms. The zero-order chi connectivity index (χ0) is 14.7. The van der Waals surface area contributed by atoms with Gasteiger partial charge in [0.25, 0.3) is 5.69 Å². The van der Waals surface area contributed by atoms with Crippen molar-refractivity contribution in [3.05, 3.63) is 38.3 Å². The van der Waals surface area contributed by atoms with Crippen molar-refractivity contribution in [2.45, 2.75) is 39.0 Å². The third-order valence-corrected chi connectivity index (χ3v) is 4.32. The van der Waals surface area contributed by atoms with Gasteiger partial charge in [-0.15, -0.1) is 0 Å². The molecule has 1 aliphatic rings. The highest BCUT2D eigenvalue weighted by atomic mass is 79.9. The summed E-state index contributed by atoms with van der Waals surface area (Å²) < 4.78 is 6.19. The molecule has 0 bridgehead atoms. The topological polar surface area (TPSA) is 55.6 Å². The van der Waals surface area contributed by atoms with Gasteiger partial charge in [0, 0.05) is 25.2 Å². The van der Waals surface area contributed by atoms with E-state index in [1.807, 2.05) is 6.07 Å². The summed E-state index contributed by atoms with van der Waals surface area (Å²) in [5, 5.41) is 11.0. The molecule has 1 aromatic rings. The van der Waals surface area contributed by atoms with Crippen molar-refractivity contribution in [1.29, 1.82) is 0 Å². The van der Waals surface area contributed by atoms with Gasteiger partial charge in [0.2, 0.25) is 0 Å². The predicted octanol–water partition coefficient (Wildman–Crippen LogP) is 3.36. The van der Waals surface area contributed by atoms with Crippen LogP contribution in [0.15, 0.2) is 22.7 Å². The summed E-state index contributed by atoms with van der Waals surface area (Å²) >= 11 is 3.22. The fourth-order valence-corrected chi connectivity index (χ4v) is 2.90. The largest absolute Gasteiger partial charge is 0.376 e. The molecule has 0 saturated carbocycles. The molecule has 0 aromatic heterocycles. The summed E-state index contributed by atoms with van der Waals surface area (Å²) in [5.74, 6) is 0. The normalized spacial score (nSPS) is 23.8. The second-order valence-electron chi connectivity index (χ2n) is 5.18. The van der Waals surface area contributed by atoms with E-state index in [4.69, 9.17) is 4.74 Å². The van der Waals surface area contributed by atoms with E-state index >= 15 is 0 Å². The summed E-state index contributed by atoms with van der Waals surface area (Å²) in [7, 11) is 0. The molecule has 6 heteroatoms. The molecule has 1 saturated heterocycles. The Hall–Kier alpha value is -0.980. The molecular weight excluding hydrogens is 324 g/mol. The molecule has 0 radical (unpaired) electrons. The molecule has 0 N–H and O–H groups in total. The summed E-state index contributed by atoms with van der Waals surface area (Å²) in [5.41, 5.74) is 1.09. The number of nitro groups is 1. The van der Waals surface area contributed by atoms with Crippen LogP contribution < -0.4 is 0 Å². The second-order valence-corrected chi connectivity index (χ2v) is 6.03. The van der Waals surface area contributed by atoms with Crippen LogP contribution in [-0.2, 0) is 11.3 Å². The molecule has 2 atom stereocenters. The first kappa shape index (κ1) is 15.4. The van der Waals surface area contributed by atoms with Gasteiger partial charge in [-0.2, -0.15) is 0 Å². The van der Waals surface area contributed by atoms with E-state index in [1.54, 1.807) is 12.1 Å². The van der Waals surface area contributed by atoms with Crippen LogP contribution >= 0.6 is 15.9 Å². The summed E-state index contributed by atoms with van der Waals surface area (Å²) in [6.45, 7) is 6.52. The van der Waals surface area contributed by atoms with E-state index in [9.17, 15) is 10.1 Å². The SMILES string of the molecule is CCC1COC(C)CN1Cc1ccc(Br)c([N+](=O)[O-])c1. The molecule has 0 amide bonds. The van der Waals surface area contributed by atoms with Gasteiger partial charge < -0.3 is 4.74 Å². The summed E-state index contributed by atoms with van der Waals surface area (Å²) in [6, 6.07) is 5.72. The Morgan fingerprint density at radius 3 is 2.95 bits per heavy atom. The van der Waals surface area contributed by atoms with Gasteiger partial charge in [-0.1, -0.05) is 13.0 Å². The van der Waals surface area contributed by atoms with Gasteiger partial charge in [0.05, 0.1) is 22.1 Å². The first-order valence-electron chi connectivity index (χ1n) is 6.79. The van der Waals surface area contributed by atoms with Crippen LogP contribution in [0.1, 0.15) is 25.8 Å². The fraction of sp³-hybridized carbons (Fsp3) is 0.571. The average molecular weight is 343 g/mol. The van der Waals surface area contributed by atoms with E-state index in [1.165, 1.54) is 0 Å². The Morgan fingerprint density at radius 1 is 1.55 bits per heavy atom. The average Bonchev–Trinajstić information content (AvgIpc) is 2.41. The Morgan fingerprint density at radius 2 is 2.30 bits per heavy atom. The van der Waals surface area contributed by atoms with Gasteiger partial charge >= 0.3 is 0 Å². The minimum Gasteiger partial charge on any atom is -0.376 e. The maximum Gasteiger partial charge on any atom is 0.283 e. The van der Waals surface area contributed by atoms with Crippen molar-refractivity contribution in [2.24, 2.45) is 0 Å². The van der Waals surface area contributed by atoms with Crippen molar-refractivity contribution < 1.29 is 9.66 Å². The molecule has 1 heterocycles. The van der Waals surface area contributed by atoms with Crippen LogP contribution in [0.2, 0.25) is 0 Å². The smallest absolute Gasteiger partial charge is 0.283 e. The summed E-state index contributed by atoms with van der Waals surface area (Å²) in [4.78, 5) is 13.0. The molecule has 0 aliphatic carbocycles. The third-order valence-electron chi connectivity index (χ3n) is 3.65. The van der Waals surface area contributed by atoms with Crippen molar-refractivity contribution in [1.82, 2.24) is 4.90 Å². The highest BCUT2D eigenvalue weighted by molar-refractivity contribution is 9.10. The third kappa shape index (κ3) is 3.56. The predicted molar refractivity (Wildman–Crippen MR) is 80.7 cm³/mol. The minimum atomic E-state index is -0.354. The van der Waals surface area contributed by atoms with E-state index in [0.717, 1.165) is 31.7 Å². The minimum absolute atomic E-state index is 0.122. The summed E-state index contributed by atoms with van der Waals surface area (Å²) in [6.07, 6.45) is 1.23. The highest BCUT2D eigenvalue weighted by Crippen LogP contribution is 2.27. The zero-order valence-electron chi connectivity index (χ0n) is 11.7. The Labute approximate surface area is 127 Å². The number of hydrogen-bond donors (Lipinski definition) is 0. The molecular formula is C14H19BrN2O3. The molecule has 1 aromatic carbocycles. The Balaban J connectivity index is 2.15. The van der Waals surface area contributed by atoms with Crippen LogP contribution in [0, 0.1) is 10.1 Å². The number of rotatable bonds is 4. The van der Waals surface area contributed by atoms with Crippen LogP contribution in [0.25, 0.3) is 0 Å². The highest BCUT2D eigenvalue weighted by Gasteiger charge is 2.26. The van der Waals surface area contributed by atoms with Crippen molar-refractivity contribution >= 4 is 21.6 Å². The number of benzene rings is 1. The van der Waals surface area contributed by atoms with Crippen molar-refractivity contribution in [3.63, 3.8) is 0 Å². The van der Waals surface area contributed by atoms with Gasteiger partial charge in [-0.25, -0.2) is 0 Å². The first-order valence-corrected chi connectivity index (χ1v) is 7.59. The van der Waals surface area contributed by atoms with Gasteiger partial charge in [-0.05, 0) is 40.9 Å². The van der Waals surface area contributed by atoms with Crippen LogP contribution in [0.4, 0.5) is 5.69 Å². The lowest BCUT2D eigenvalue weighted by Gasteiger charge is -2.38. The van der Waals surface area contributed by atoms with Crippen LogP contribution in [0.5, 0.6) is 0 Å². The van der Waals surface area contributed by atoms with Gasteiger partial charge in [0.15, 0.2) is 0 Å². The van der Waals surface area contributed by atoms with E-state index < -0.39 is 0 Å². The number of morpholine rings is 1. The number of hydrogen-bond acceptors (Lipinski definition) is 4. The molecule has 110 valence electrons. The lowest BCUT2D eigenvalue weighted by Crippen LogP contribution is -2.47. The Kier molecular flexibility index (Phi) is 5.12. The monoisotopic (exact) mass is 342 g/mol. The lowest BCUT2D eigenvalue weighted by molar-refractivity contribution is -0.385. The standard InChI is InChI=1S/C14H19BrN2O3/c1-3-12-9-20-10(2)7-16(12)8-11-4-5-13(15)14(6-11)17(18)19/h4-6,10,12H,3,7-9H2,1-2H3. The molecule has 2 unspecified atom stereocenters. The maximum absolute atomic E-state index is 11.0. The fourth-order valence-electron chi connectivity index (χ4n) is 2.51. The van der Waals surface area contributed by atoms with Crippen LogP contribution in [0.3, 0.4) is 0 Å². The number of halogens is 1. The zero-order valence-corrected chi connectivity index (χ0v) is 13.3. The van der Waals surface area contributed by atoms with Crippen molar-refractivity contribution in [3.8, 4) is 0 Å². The van der Waals surface area contributed by atoms with E-state index in [2.05, 4.69) is 34.7 Å². The number of nitro benzene ring substituents is 1. The van der Waals surface area contributed by atoms with Crippen LogP contribution in [-0.4, -0.2) is 35.1 Å². The molecule has 2 rings (SSSR count). The number of nitrogens with zero attached hydrogens (tertiary/aromatic N) is 2. The molecule has 1 fully saturated rings. The van der Waals surface area contributed by atoms with Gasteiger partial charge in [-0.3, -0.25) is 15.0 Å². The maximum atomic E-state index is 11.0. The molecule has 0 spiro atoms. The molecule has 1 aliphatic heterocycles. The van der Waals surface area contributed by atoms with E-state index in [0.29, 0.717) is 10.5 Å². The molecule has 5 nitrogen and oxygen atoms in total. The van der Waals surface area contributed by atoms with E-state index in [-0.39, 0.29) is 16.7 Å². The number of ether oxygens (including phenoxy) is 1. The van der Waals surface area contributed by atoms with Crippen molar-refractivity contribution in [2.75, 3.05) is 13.2 Å². The van der Waals surface area contributed by atoms with Gasteiger partial charge in [0.1, 0.15) is 0 Å². The quantitative estimate of drug-likeness (QED) is 0.621. The first-order chi connectivity index (χ1) is 9.51.